The molecule has 0 atom stereocenters. The molecule has 0 aromatic heterocycles. The lowest BCUT2D eigenvalue weighted by Crippen LogP contribution is -2.39. The van der Waals surface area contributed by atoms with E-state index in [1.54, 1.807) is 0 Å². The van der Waals surface area contributed by atoms with Crippen LogP contribution in [0.4, 0.5) is 4.79 Å². The fourth-order valence-corrected chi connectivity index (χ4v) is 0.456. The summed E-state index contributed by atoms with van der Waals surface area (Å²) in [5, 5.41) is 12.2. The molecule has 13 heavy (non-hydrogen) atoms. The van der Waals surface area contributed by atoms with Gasteiger partial charge in [-0.2, -0.15) is 0 Å². The molecule has 0 aromatic rings. The largest absolute Gasteiger partial charge is 0.480 e. The van der Waals surface area contributed by atoms with Crippen LogP contribution in [0.2, 0.25) is 0 Å². The van der Waals surface area contributed by atoms with Gasteiger partial charge in [-0.05, 0) is 0 Å². The van der Waals surface area contributed by atoms with Crippen molar-refractivity contribution in [1.82, 2.24) is 10.6 Å². The Kier molecular flexibility index (Phi) is 5.20. The molecule has 0 fully saturated rings. The molecule has 74 valence electrons. The summed E-state index contributed by atoms with van der Waals surface area (Å²) in [6, 6.07) is -0.663. The third-order valence-electron chi connectivity index (χ3n) is 0.939. The average Bonchev–Trinajstić information content (AvgIpc) is 2.03. The highest BCUT2D eigenvalue weighted by molar-refractivity contribution is 5.94. The van der Waals surface area contributed by atoms with Gasteiger partial charge in [-0.3, -0.25) is 10.1 Å². The summed E-state index contributed by atoms with van der Waals surface area (Å²) in [5.41, 5.74) is 0. The summed E-state index contributed by atoms with van der Waals surface area (Å²) in [6.45, 7) is -1.03. The van der Waals surface area contributed by atoms with E-state index in [9.17, 15) is 14.4 Å². The molecule has 0 rings (SSSR count). The fourth-order valence-electron chi connectivity index (χ4n) is 0.456. The number of nitrogens with one attached hydrogen (secondary N) is 2. The molecule has 0 bridgehead atoms. The number of carboxylic acids is 1. The molecule has 0 aromatic carbocycles. The first-order chi connectivity index (χ1) is 6.06. The van der Waals surface area contributed by atoms with E-state index in [0.29, 0.717) is 0 Å². The normalized spacial score (nSPS) is 9.00. The molecule has 0 unspecified atom stereocenters. The molecule has 0 radical (unpaired) electrons. The first-order valence-corrected chi connectivity index (χ1v) is 3.37. The van der Waals surface area contributed by atoms with Gasteiger partial charge in [0.15, 0.2) is 0 Å². The number of hydrogen-bond donors (Lipinski definition) is 3. The number of carboxylic acid groups (broad SMARTS) is 1. The van der Waals surface area contributed by atoms with E-state index in [4.69, 9.17) is 5.11 Å². The van der Waals surface area contributed by atoms with Crippen molar-refractivity contribution in [3.05, 3.63) is 0 Å². The van der Waals surface area contributed by atoms with Gasteiger partial charge in [0.05, 0.1) is 0 Å². The molecule has 0 aliphatic heterocycles. The molecule has 0 aliphatic rings. The zero-order chi connectivity index (χ0) is 10.3. The number of aliphatic carboxylic acids is 1. The number of hydrogen-bond acceptors (Lipinski definition) is 4. The second kappa shape index (κ2) is 5.95. The van der Waals surface area contributed by atoms with Crippen LogP contribution >= 0.6 is 0 Å². The molecule has 0 aliphatic carbocycles. The van der Waals surface area contributed by atoms with Gasteiger partial charge in [-0.15, -0.1) is 0 Å². The van der Waals surface area contributed by atoms with Gasteiger partial charge < -0.3 is 15.2 Å². The highest BCUT2D eigenvalue weighted by atomic mass is 16.5. The van der Waals surface area contributed by atoms with Crippen LogP contribution in [0.5, 0.6) is 0 Å². The van der Waals surface area contributed by atoms with Crippen LogP contribution in [-0.2, 0) is 14.3 Å². The Morgan fingerprint density at radius 1 is 1.31 bits per heavy atom. The number of carbonyl (C=O) groups is 3. The fraction of sp³-hybridized carbons (Fsp3) is 0.500. The summed E-state index contributed by atoms with van der Waals surface area (Å²) in [7, 11) is 1.35. The first kappa shape index (κ1) is 11.4. The molecule has 7 heteroatoms. The molecular formula is C6H10N2O5. The SMILES string of the molecule is CNC(=O)NC(=O)COCC(=O)O. The lowest BCUT2D eigenvalue weighted by atomic mass is 10.6. The van der Waals surface area contributed by atoms with E-state index < -0.39 is 31.1 Å². The number of imide groups is 1. The average molecular weight is 190 g/mol. The van der Waals surface area contributed by atoms with Crippen molar-refractivity contribution in [3.8, 4) is 0 Å². The summed E-state index contributed by atoms with van der Waals surface area (Å²) in [6.07, 6.45) is 0. The molecule has 0 spiro atoms. The Labute approximate surface area is 74.1 Å². The van der Waals surface area contributed by atoms with Crippen molar-refractivity contribution in [2.45, 2.75) is 0 Å². The van der Waals surface area contributed by atoms with Gasteiger partial charge >= 0.3 is 12.0 Å². The van der Waals surface area contributed by atoms with Crippen molar-refractivity contribution in [3.63, 3.8) is 0 Å². The Balaban J connectivity index is 3.52. The van der Waals surface area contributed by atoms with Crippen molar-refractivity contribution in [2.75, 3.05) is 20.3 Å². The Hall–Kier alpha value is -1.63. The zero-order valence-electron chi connectivity index (χ0n) is 6.99. The van der Waals surface area contributed by atoms with E-state index in [1.807, 2.05) is 5.32 Å². The van der Waals surface area contributed by atoms with Crippen LogP contribution in [0.25, 0.3) is 0 Å². The minimum atomic E-state index is -1.17. The van der Waals surface area contributed by atoms with Gasteiger partial charge in [-0.1, -0.05) is 0 Å². The summed E-state index contributed by atoms with van der Waals surface area (Å²) < 4.78 is 4.41. The highest BCUT2D eigenvalue weighted by Crippen LogP contribution is 1.75. The van der Waals surface area contributed by atoms with Crippen LogP contribution in [0.3, 0.4) is 0 Å². The van der Waals surface area contributed by atoms with E-state index in [0.717, 1.165) is 0 Å². The molecule has 0 heterocycles. The molecular weight excluding hydrogens is 180 g/mol. The standard InChI is InChI=1S/C6H10N2O5/c1-7-6(12)8-4(9)2-13-3-5(10)11/h2-3H2,1H3,(H,10,11)(H2,7,8,9,12). The first-order valence-electron chi connectivity index (χ1n) is 3.37. The Morgan fingerprint density at radius 3 is 2.38 bits per heavy atom. The Morgan fingerprint density at radius 2 is 1.92 bits per heavy atom. The summed E-state index contributed by atoms with van der Waals surface area (Å²) in [5.74, 6) is -1.87. The van der Waals surface area contributed by atoms with Crippen LogP contribution in [-0.4, -0.2) is 43.3 Å². The van der Waals surface area contributed by atoms with Crippen molar-refractivity contribution >= 4 is 17.9 Å². The van der Waals surface area contributed by atoms with Gasteiger partial charge in [0.1, 0.15) is 13.2 Å². The lowest BCUT2D eigenvalue weighted by Gasteiger charge is -2.02. The molecule has 7 nitrogen and oxygen atoms in total. The summed E-state index contributed by atoms with van der Waals surface area (Å²) in [4.78, 5) is 31.1. The smallest absolute Gasteiger partial charge is 0.329 e. The van der Waals surface area contributed by atoms with Gasteiger partial charge in [-0.25, -0.2) is 9.59 Å². The van der Waals surface area contributed by atoms with E-state index >= 15 is 0 Å². The topological polar surface area (TPSA) is 105 Å². The highest BCUT2D eigenvalue weighted by Gasteiger charge is 2.06. The molecule has 3 amide bonds. The van der Waals surface area contributed by atoms with Crippen LogP contribution in [0, 0.1) is 0 Å². The second-order valence-corrected chi connectivity index (χ2v) is 2.01. The van der Waals surface area contributed by atoms with Crippen molar-refractivity contribution in [1.29, 1.82) is 0 Å². The maximum absolute atomic E-state index is 10.7. The van der Waals surface area contributed by atoms with Gasteiger partial charge in [0.2, 0.25) is 0 Å². The van der Waals surface area contributed by atoms with Crippen LogP contribution < -0.4 is 10.6 Å². The zero-order valence-corrected chi connectivity index (χ0v) is 6.99. The van der Waals surface area contributed by atoms with E-state index in [-0.39, 0.29) is 0 Å². The van der Waals surface area contributed by atoms with Crippen molar-refractivity contribution in [2.24, 2.45) is 0 Å². The van der Waals surface area contributed by atoms with E-state index in [1.165, 1.54) is 7.05 Å². The van der Waals surface area contributed by atoms with E-state index in [2.05, 4.69) is 10.1 Å². The minimum absolute atomic E-state index is 0.459. The summed E-state index contributed by atoms with van der Waals surface area (Å²) >= 11 is 0. The number of ether oxygens (including phenoxy) is 1. The third kappa shape index (κ3) is 6.76. The van der Waals surface area contributed by atoms with Crippen LogP contribution in [0.1, 0.15) is 0 Å². The number of rotatable bonds is 4. The van der Waals surface area contributed by atoms with Gasteiger partial charge in [0, 0.05) is 7.05 Å². The number of urea groups is 1. The number of carbonyl (C=O) groups excluding carboxylic acids is 2. The molecule has 0 saturated carbocycles. The maximum atomic E-state index is 10.7. The molecule has 3 N–H and O–H groups in total. The maximum Gasteiger partial charge on any atom is 0.329 e. The quantitative estimate of drug-likeness (QED) is 0.502. The predicted octanol–water partition coefficient (Wildman–Crippen LogP) is -1.46. The minimum Gasteiger partial charge on any atom is -0.480 e. The van der Waals surface area contributed by atoms with Crippen molar-refractivity contribution < 1.29 is 24.2 Å². The van der Waals surface area contributed by atoms with Crippen LogP contribution in [0.15, 0.2) is 0 Å². The Bertz CT molecular complexity index is 215. The third-order valence-corrected chi connectivity index (χ3v) is 0.939. The van der Waals surface area contributed by atoms with Gasteiger partial charge in [0.25, 0.3) is 5.91 Å². The second-order valence-electron chi connectivity index (χ2n) is 2.01. The molecule has 0 saturated heterocycles. The monoisotopic (exact) mass is 190 g/mol. The lowest BCUT2D eigenvalue weighted by molar-refractivity contribution is -0.143. The predicted molar refractivity (Wildman–Crippen MR) is 41.1 cm³/mol. The number of amides is 3.